The van der Waals surface area contributed by atoms with Crippen LogP contribution in [0.15, 0.2) is 60.7 Å². The molecule has 5 nitrogen and oxygen atoms in total. The Labute approximate surface area is 169 Å². The van der Waals surface area contributed by atoms with Crippen molar-refractivity contribution >= 4 is 17.5 Å². The third-order valence-corrected chi connectivity index (χ3v) is 5.44. The standard InChI is InChI=1S/C22H23ClN4O/c1-16-20(21(23)27(25-16)19-10-6-3-7-11-19)22(28)24-18-12-13-26(15-18)14-17-8-4-2-5-9-17/h2-11,18H,12-15H2,1H3,(H,24,28)/t18-/m1/s1. The number of rotatable bonds is 5. The highest BCUT2D eigenvalue weighted by molar-refractivity contribution is 6.33. The minimum atomic E-state index is -0.156. The number of hydrogen-bond acceptors (Lipinski definition) is 3. The minimum Gasteiger partial charge on any atom is -0.348 e. The van der Waals surface area contributed by atoms with Gasteiger partial charge in [-0.15, -0.1) is 0 Å². The molecule has 0 aliphatic carbocycles. The number of benzene rings is 2. The molecule has 1 fully saturated rings. The summed E-state index contributed by atoms with van der Waals surface area (Å²) in [6, 6.07) is 20.1. The summed E-state index contributed by atoms with van der Waals surface area (Å²) < 4.78 is 1.61. The molecule has 1 aliphatic heterocycles. The van der Waals surface area contributed by atoms with Gasteiger partial charge in [-0.2, -0.15) is 5.10 Å². The summed E-state index contributed by atoms with van der Waals surface area (Å²) in [4.78, 5) is 15.2. The smallest absolute Gasteiger partial charge is 0.256 e. The van der Waals surface area contributed by atoms with E-state index in [0.717, 1.165) is 31.7 Å². The lowest BCUT2D eigenvalue weighted by Crippen LogP contribution is -2.37. The first-order valence-corrected chi connectivity index (χ1v) is 9.87. The monoisotopic (exact) mass is 394 g/mol. The number of likely N-dealkylation sites (tertiary alicyclic amines) is 1. The molecule has 0 spiro atoms. The van der Waals surface area contributed by atoms with Gasteiger partial charge < -0.3 is 5.32 Å². The highest BCUT2D eigenvalue weighted by Crippen LogP contribution is 2.24. The van der Waals surface area contributed by atoms with Gasteiger partial charge in [-0.1, -0.05) is 60.1 Å². The molecule has 2 heterocycles. The molecule has 0 saturated carbocycles. The largest absolute Gasteiger partial charge is 0.348 e. The third-order valence-electron chi connectivity index (χ3n) is 5.09. The zero-order chi connectivity index (χ0) is 19.5. The predicted molar refractivity (Wildman–Crippen MR) is 111 cm³/mol. The summed E-state index contributed by atoms with van der Waals surface area (Å²) in [7, 11) is 0. The summed E-state index contributed by atoms with van der Waals surface area (Å²) in [5, 5.41) is 7.95. The van der Waals surface area contributed by atoms with E-state index in [4.69, 9.17) is 11.6 Å². The van der Waals surface area contributed by atoms with Crippen LogP contribution in [0.25, 0.3) is 5.69 Å². The van der Waals surface area contributed by atoms with Crippen molar-refractivity contribution in [1.82, 2.24) is 20.0 Å². The van der Waals surface area contributed by atoms with Gasteiger partial charge in [-0.05, 0) is 31.0 Å². The molecule has 4 rings (SSSR count). The van der Waals surface area contributed by atoms with Crippen LogP contribution < -0.4 is 5.32 Å². The first-order valence-electron chi connectivity index (χ1n) is 9.49. The van der Waals surface area contributed by atoms with Crippen LogP contribution in [0.2, 0.25) is 5.15 Å². The van der Waals surface area contributed by atoms with Crippen LogP contribution in [0.1, 0.15) is 28.0 Å². The Bertz CT molecular complexity index is 955. The van der Waals surface area contributed by atoms with Crippen molar-refractivity contribution in [3.63, 3.8) is 0 Å². The zero-order valence-electron chi connectivity index (χ0n) is 15.8. The molecule has 1 N–H and O–H groups in total. The maximum Gasteiger partial charge on any atom is 0.256 e. The van der Waals surface area contributed by atoms with Crippen molar-refractivity contribution in [3.8, 4) is 5.69 Å². The Hall–Kier alpha value is -2.63. The van der Waals surface area contributed by atoms with Crippen LogP contribution in [-0.4, -0.2) is 39.7 Å². The van der Waals surface area contributed by atoms with Gasteiger partial charge in [-0.3, -0.25) is 9.69 Å². The van der Waals surface area contributed by atoms with Crippen molar-refractivity contribution in [2.45, 2.75) is 25.9 Å². The molecule has 6 heteroatoms. The number of aromatic nitrogens is 2. The molecule has 0 bridgehead atoms. The van der Waals surface area contributed by atoms with E-state index in [1.807, 2.05) is 43.3 Å². The van der Waals surface area contributed by atoms with Crippen molar-refractivity contribution < 1.29 is 4.79 Å². The van der Waals surface area contributed by atoms with E-state index in [-0.39, 0.29) is 11.9 Å². The number of carbonyl (C=O) groups is 1. The van der Waals surface area contributed by atoms with Crippen LogP contribution in [0, 0.1) is 6.92 Å². The molecule has 144 valence electrons. The highest BCUT2D eigenvalue weighted by atomic mass is 35.5. The van der Waals surface area contributed by atoms with Gasteiger partial charge in [0.05, 0.1) is 16.9 Å². The Balaban J connectivity index is 1.43. The van der Waals surface area contributed by atoms with E-state index >= 15 is 0 Å². The number of nitrogens with zero attached hydrogens (tertiary/aromatic N) is 3. The summed E-state index contributed by atoms with van der Waals surface area (Å²) in [6.07, 6.45) is 0.933. The normalized spacial score (nSPS) is 17.0. The summed E-state index contributed by atoms with van der Waals surface area (Å²) in [5.41, 5.74) is 3.21. The fourth-order valence-corrected chi connectivity index (χ4v) is 4.05. The maximum absolute atomic E-state index is 12.9. The summed E-state index contributed by atoms with van der Waals surface area (Å²) in [5.74, 6) is -0.156. The predicted octanol–water partition coefficient (Wildman–Crippen LogP) is 3.84. The van der Waals surface area contributed by atoms with E-state index in [1.54, 1.807) is 4.68 Å². The van der Waals surface area contributed by atoms with Crippen molar-refractivity contribution in [3.05, 3.63) is 82.6 Å². The molecule has 1 atom stereocenters. The lowest BCUT2D eigenvalue weighted by Gasteiger charge is -2.16. The molecule has 1 amide bonds. The molecule has 3 aromatic rings. The van der Waals surface area contributed by atoms with Crippen molar-refractivity contribution in [1.29, 1.82) is 0 Å². The second-order valence-electron chi connectivity index (χ2n) is 7.18. The SMILES string of the molecule is Cc1nn(-c2ccccc2)c(Cl)c1C(=O)N[C@@H]1CCN(Cc2ccccc2)C1. The summed E-state index contributed by atoms with van der Waals surface area (Å²) in [6.45, 7) is 4.52. The lowest BCUT2D eigenvalue weighted by molar-refractivity contribution is 0.0937. The van der Waals surface area contributed by atoms with E-state index in [0.29, 0.717) is 16.4 Å². The van der Waals surface area contributed by atoms with Crippen LogP contribution in [-0.2, 0) is 6.54 Å². The zero-order valence-corrected chi connectivity index (χ0v) is 16.6. The van der Waals surface area contributed by atoms with Gasteiger partial charge in [-0.25, -0.2) is 4.68 Å². The molecule has 1 aliphatic rings. The number of halogens is 1. The quantitative estimate of drug-likeness (QED) is 0.715. The molecular formula is C22H23ClN4O. The summed E-state index contributed by atoms with van der Waals surface area (Å²) >= 11 is 6.51. The molecule has 1 aromatic heterocycles. The first kappa shape index (κ1) is 18.7. The Morgan fingerprint density at radius 3 is 2.54 bits per heavy atom. The molecule has 0 radical (unpaired) electrons. The van der Waals surface area contributed by atoms with E-state index in [1.165, 1.54) is 5.56 Å². The van der Waals surface area contributed by atoms with E-state index in [9.17, 15) is 4.79 Å². The number of hydrogen-bond donors (Lipinski definition) is 1. The molecule has 0 unspecified atom stereocenters. The first-order chi connectivity index (χ1) is 13.6. The Morgan fingerprint density at radius 2 is 1.82 bits per heavy atom. The fraction of sp³-hybridized carbons (Fsp3) is 0.273. The van der Waals surface area contributed by atoms with E-state index < -0.39 is 0 Å². The topological polar surface area (TPSA) is 50.2 Å². The number of nitrogens with one attached hydrogen (secondary N) is 1. The Kier molecular flexibility index (Phi) is 5.46. The van der Waals surface area contributed by atoms with Gasteiger partial charge in [0.15, 0.2) is 0 Å². The number of carbonyl (C=O) groups excluding carboxylic acids is 1. The maximum atomic E-state index is 12.9. The number of para-hydroxylation sites is 1. The number of aryl methyl sites for hydroxylation is 1. The number of amides is 1. The average molecular weight is 395 g/mol. The van der Waals surface area contributed by atoms with Gasteiger partial charge in [0.25, 0.3) is 5.91 Å². The molecule has 28 heavy (non-hydrogen) atoms. The molecule has 1 saturated heterocycles. The van der Waals surface area contributed by atoms with Gasteiger partial charge in [0.2, 0.25) is 0 Å². The van der Waals surface area contributed by atoms with Gasteiger partial charge in [0, 0.05) is 25.7 Å². The van der Waals surface area contributed by atoms with Crippen molar-refractivity contribution in [2.75, 3.05) is 13.1 Å². The van der Waals surface area contributed by atoms with Crippen LogP contribution in [0.3, 0.4) is 0 Å². The highest BCUT2D eigenvalue weighted by Gasteiger charge is 2.27. The van der Waals surface area contributed by atoms with Crippen LogP contribution in [0.4, 0.5) is 0 Å². The van der Waals surface area contributed by atoms with Crippen LogP contribution in [0.5, 0.6) is 0 Å². The van der Waals surface area contributed by atoms with Gasteiger partial charge >= 0.3 is 0 Å². The lowest BCUT2D eigenvalue weighted by atomic mass is 10.2. The second-order valence-corrected chi connectivity index (χ2v) is 7.54. The van der Waals surface area contributed by atoms with Crippen molar-refractivity contribution in [2.24, 2.45) is 0 Å². The average Bonchev–Trinajstić information content (AvgIpc) is 3.26. The Morgan fingerprint density at radius 1 is 1.14 bits per heavy atom. The second kappa shape index (κ2) is 8.17. The fourth-order valence-electron chi connectivity index (χ4n) is 3.69. The van der Waals surface area contributed by atoms with Crippen LogP contribution >= 0.6 is 11.6 Å². The van der Waals surface area contributed by atoms with Gasteiger partial charge in [0.1, 0.15) is 5.15 Å². The van der Waals surface area contributed by atoms with E-state index in [2.05, 4.69) is 39.6 Å². The molecular weight excluding hydrogens is 372 g/mol. The minimum absolute atomic E-state index is 0.117. The molecule has 2 aromatic carbocycles. The third kappa shape index (κ3) is 3.96.